The van der Waals surface area contributed by atoms with Gasteiger partial charge in [0.15, 0.2) is 0 Å². The Labute approximate surface area is 164 Å². The van der Waals surface area contributed by atoms with Crippen LogP contribution in [0.15, 0.2) is 24.3 Å². The third-order valence-electron chi connectivity index (χ3n) is 4.99. The van der Waals surface area contributed by atoms with Crippen LogP contribution in [0.2, 0.25) is 0 Å². The van der Waals surface area contributed by atoms with E-state index in [1.54, 1.807) is 0 Å². The van der Waals surface area contributed by atoms with Crippen molar-refractivity contribution in [3.8, 4) is 0 Å². The molecule has 1 amide bonds. The molecule has 26 heavy (non-hydrogen) atoms. The van der Waals surface area contributed by atoms with Gasteiger partial charge in [0, 0.05) is 24.5 Å². The van der Waals surface area contributed by atoms with E-state index in [0.717, 1.165) is 34.9 Å². The van der Waals surface area contributed by atoms with Gasteiger partial charge in [-0.05, 0) is 37.3 Å². The summed E-state index contributed by atoms with van der Waals surface area (Å²) >= 11 is 0. The van der Waals surface area contributed by atoms with Crippen LogP contribution >= 0.6 is 21.6 Å². The smallest absolute Gasteiger partial charge is 0.220 e. The van der Waals surface area contributed by atoms with Gasteiger partial charge in [-0.25, -0.2) is 4.98 Å². The second-order valence-electron chi connectivity index (χ2n) is 7.38. The Balaban J connectivity index is 1.57. The summed E-state index contributed by atoms with van der Waals surface area (Å²) in [6.07, 6.45) is 5.29. The van der Waals surface area contributed by atoms with Crippen LogP contribution in [0.3, 0.4) is 0 Å². The van der Waals surface area contributed by atoms with E-state index in [0.29, 0.717) is 12.3 Å². The Kier molecular flexibility index (Phi) is 6.92. The van der Waals surface area contributed by atoms with E-state index in [-0.39, 0.29) is 11.9 Å². The first-order valence-electron chi connectivity index (χ1n) is 9.55. The van der Waals surface area contributed by atoms with Gasteiger partial charge in [0.05, 0.1) is 17.1 Å². The lowest BCUT2D eigenvalue weighted by Gasteiger charge is -2.22. The third kappa shape index (κ3) is 4.77. The Morgan fingerprint density at radius 1 is 1.35 bits per heavy atom. The maximum absolute atomic E-state index is 12.5. The molecular weight excluding hydrogens is 362 g/mol. The van der Waals surface area contributed by atoms with Gasteiger partial charge in [-0.1, -0.05) is 54.0 Å². The minimum Gasteiger partial charge on any atom is -0.346 e. The van der Waals surface area contributed by atoms with Gasteiger partial charge in [0.25, 0.3) is 0 Å². The molecule has 2 atom stereocenters. The van der Waals surface area contributed by atoms with Gasteiger partial charge >= 0.3 is 0 Å². The molecule has 1 saturated heterocycles. The van der Waals surface area contributed by atoms with Crippen molar-refractivity contribution in [1.29, 1.82) is 0 Å². The van der Waals surface area contributed by atoms with Gasteiger partial charge in [-0.3, -0.25) is 4.79 Å². The van der Waals surface area contributed by atoms with Crippen LogP contribution in [0.5, 0.6) is 0 Å². The molecule has 1 aromatic carbocycles. The van der Waals surface area contributed by atoms with E-state index < -0.39 is 0 Å². The average Bonchev–Trinajstić information content (AvgIpc) is 3.25. The molecular formula is C20H29N3OS2. The molecule has 142 valence electrons. The van der Waals surface area contributed by atoms with E-state index >= 15 is 0 Å². The summed E-state index contributed by atoms with van der Waals surface area (Å²) in [5.41, 5.74) is 2.09. The highest BCUT2D eigenvalue weighted by Crippen LogP contribution is 2.39. The number of carbonyl (C=O) groups is 1. The lowest BCUT2D eigenvalue weighted by molar-refractivity contribution is -0.122. The molecule has 6 heteroatoms. The zero-order chi connectivity index (χ0) is 18.5. The zero-order valence-electron chi connectivity index (χ0n) is 15.9. The van der Waals surface area contributed by atoms with E-state index in [1.165, 1.54) is 18.6 Å². The maximum atomic E-state index is 12.5. The van der Waals surface area contributed by atoms with Crippen LogP contribution in [0, 0.1) is 5.92 Å². The minimum atomic E-state index is -0.0540. The predicted molar refractivity (Wildman–Crippen MR) is 113 cm³/mol. The highest BCUT2D eigenvalue weighted by molar-refractivity contribution is 8.77. The van der Waals surface area contributed by atoms with Crippen LogP contribution in [0.25, 0.3) is 11.0 Å². The van der Waals surface area contributed by atoms with Gasteiger partial charge in [0.1, 0.15) is 5.82 Å². The second-order valence-corrected chi connectivity index (χ2v) is 10.2. The first-order chi connectivity index (χ1) is 12.6. The molecule has 1 N–H and O–H groups in total. The number of benzene rings is 1. The number of imidazole rings is 1. The molecule has 0 radical (unpaired) electrons. The number of rotatable bonds is 8. The van der Waals surface area contributed by atoms with Crippen LogP contribution < -0.4 is 5.32 Å². The SMILES string of the molecule is CC(C)[C@H](NC(=O)CCCC[C@H]1CCSS1)c1nc2ccccc2n1C. The number of aromatic nitrogens is 2. The predicted octanol–water partition coefficient (Wildman–Crippen LogP) is 5.10. The summed E-state index contributed by atoms with van der Waals surface area (Å²) in [5, 5.41) is 4.03. The highest BCUT2D eigenvalue weighted by Gasteiger charge is 2.23. The molecule has 0 unspecified atom stereocenters. The van der Waals surface area contributed by atoms with Crippen molar-refractivity contribution in [3.05, 3.63) is 30.1 Å². The number of para-hydroxylation sites is 2. The molecule has 4 nitrogen and oxygen atoms in total. The van der Waals surface area contributed by atoms with E-state index in [4.69, 9.17) is 4.98 Å². The summed E-state index contributed by atoms with van der Waals surface area (Å²) in [7, 11) is 6.04. The number of hydrogen-bond donors (Lipinski definition) is 1. The van der Waals surface area contributed by atoms with Crippen LogP contribution in [-0.2, 0) is 11.8 Å². The Morgan fingerprint density at radius 3 is 2.85 bits per heavy atom. The maximum Gasteiger partial charge on any atom is 0.220 e. The van der Waals surface area contributed by atoms with Gasteiger partial charge in [0.2, 0.25) is 5.91 Å². The second kappa shape index (κ2) is 9.18. The fraction of sp³-hybridized carbons (Fsp3) is 0.600. The zero-order valence-corrected chi connectivity index (χ0v) is 17.5. The molecule has 1 aliphatic rings. The summed E-state index contributed by atoms with van der Waals surface area (Å²) in [6, 6.07) is 8.07. The number of hydrogen-bond acceptors (Lipinski definition) is 4. The molecule has 0 saturated carbocycles. The lowest BCUT2D eigenvalue weighted by Crippen LogP contribution is -2.33. The van der Waals surface area contributed by atoms with Crippen LogP contribution in [-0.4, -0.2) is 26.5 Å². The van der Waals surface area contributed by atoms with Gasteiger partial charge < -0.3 is 9.88 Å². The molecule has 1 aliphatic heterocycles. The van der Waals surface area contributed by atoms with Crippen molar-refractivity contribution in [2.24, 2.45) is 13.0 Å². The van der Waals surface area contributed by atoms with Crippen molar-refractivity contribution >= 4 is 38.5 Å². The number of amides is 1. The standard InChI is InChI=1S/C20H29N3OS2/c1-14(2)19(20-21-16-9-5-6-10-17(16)23(20)3)22-18(24)11-7-4-8-15-12-13-25-26-15/h5-6,9-10,14-15,19H,4,7-8,11-13H2,1-3H3,(H,22,24)/t15-,19-/m0/s1. The van der Waals surface area contributed by atoms with E-state index in [1.807, 2.05) is 46.8 Å². The Bertz CT molecular complexity index is 738. The monoisotopic (exact) mass is 391 g/mol. The quantitative estimate of drug-likeness (QED) is 0.502. The lowest BCUT2D eigenvalue weighted by atomic mass is 10.0. The molecule has 2 aromatic rings. The average molecular weight is 392 g/mol. The molecule has 2 heterocycles. The molecule has 0 bridgehead atoms. The number of nitrogens with one attached hydrogen (secondary N) is 1. The summed E-state index contributed by atoms with van der Waals surface area (Å²) in [6.45, 7) is 4.28. The number of nitrogens with zero attached hydrogens (tertiary/aromatic N) is 2. The minimum absolute atomic E-state index is 0.0540. The summed E-state index contributed by atoms with van der Waals surface area (Å²) < 4.78 is 2.11. The molecule has 3 rings (SSSR count). The molecule has 0 spiro atoms. The topological polar surface area (TPSA) is 46.9 Å². The Morgan fingerprint density at radius 2 is 2.15 bits per heavy atom. The highest BCUT2D eigenvalue weighted by atomic mass is 33.1. The fourth-order valence-electron chi connectivity index (χ4n) is 3.44. The van der Waals surface area contributed by atoms with Crippen molar-refractivity contribution in [3.63, 3.8) is 0 Å². The van der Waals surface area contributed by atoms with Crippen molar-refractivity contribution < 1.29 is 4.79 Å². The largest absolute Gasteiger partial charge is 0.346 e. The first kappa shape index (κ1) is 19.6. The first-order valence-corrected chi connectivity index (χ1v) is 11.9. The molecule has 1 fully saturated rings. The number of unbranched alkanes of at least 4 members (excludes halogenated alkanes) is 1. The van der Waals surface area contributed by atoms with Gasteiger partial charge in [-0.2, -0.15) is 0 Å². The van der Waals surface area contributed by atoms with Crippen molar-refractivity contribution in [2.75, 3.05) is 5.75 Å². The summed E-state index contributed by atoms with van der Waals surface area (Å²) in [4.78, 5) is 17.3. The number of carbonyl (C=O) groups excluding carboxylic acids is 1. The van der Waals surface area contributed by atoms with Crippen molar-refractivity contribution in [2.45, 2.75) is 57.2 Å². The van der Waals surface area contributed by atoms with Crippen LogP contribution in [0.4, 0.5) is 0 Å². The third-order valence-corrected chi connectivity index (χ3v) is 8.00. The van der Waals surface area contributed by atoms with Gasteiger partial charge in [-0.15, -0.1) is 0 Å². The van der Waals surface area contributed by atoms with Crippen LogP contribution in [0.1, 0.15) is 57.8 Å². The van der Waals surface area contributed by atoms with E-state index in [9.17, 15) is 4.79 Å². The normalized spacial score (nSPS) is 18.5. The van der Waals surface area contributed by atoms with Crippen molar-refractivity contribution in [1.82, 2.24) is 14.9 Å². The number of fused-ring (bicyclic) bond motifs is 1. The fourth-order valence-corrected chi connectivity index (χ4v) is 6.47. The Hall–Kier alpha value is -1.14. The van der Waals surface area contributed by atoms with E-state index in [2.05, 4.69) is 29.8 Å². The summed E-state index contributed by atoms with van der Waals surface area (Å²) in [5.74, 6) is 2.66. The number of aryl methyl sites for hydroxylation is 1. The molecule has 1 aromatic heterocycles. The molecule has 0 aliphatic carbocycles.